The van der Waals surface area contributed by atoms with Gasteiger partial charge in [0.05, 0.1) is 6.33 Å². The zero-order valence-electron chi connectivity index (χ0n) is 12.2. The van der Waals surface area contributed by atoms with E-state index in [0.29, 0.717) is 22.5 Å². The number of thioether (sulfide) groups is 1. The van der Waals surface area contributed by atoms with Crippen LogP contribution >= 0.6 is 11.8 Å². The molecule has 0 fully saturated rings. The molecule has 0 bridgehead atoms. The van der Waals surface area contributed by atoms with Crippen molar-refractivity contribution in [2.45, 2.75) is 24.0 Å². The summed E-state index contributed by atoms with van der Waals surface area (Å²) in [6, 6.07) is 8.12. The first-order valence-corrected chi connectivity index (χ1v) is 7.65. The quantitative estimate of drug-likeness (QED) is 0.752. The number of nitrogens with two attached hydrogens (primary N) is 1. The number of fused-ring (bicyclic) bond motifs is 1. The minimum atomic E-state index is 0.458. The van der Waals surface area contributed by atoms with E-state index in [4.69, 9.17) is 5.73 Å². The monoisotopic (exact) mass is 299 g/mol. The van der Waals surface area contributed by atoms with Gasteiger partial charge in [-0.25, -0.2) is 15.0 Å². The van der Waals surface area contributed by atoms with Crippen LogP contribution in [0.25, 0.3) is 22.6 Å². The van der Waals surface area contributed by atoms with E-state index >= 15 is 0 Å². The van der Waals surface area contributed by atoms with Crippen LogP contribution in [0.15, 0.2) is 35.5 Å². The van der Waals surface area contributed by atoms with Crippen molar-refractivity contribution in [2.24, 2.45) is 7.05 Å². The van der Waals surface area contributed by atoms with Gasteiger partial charge in [-0.3, -0.25) is 0 Å². The minimum Gasteiger partial charge on any atom is -0.382 e. The van der Waals surface area contributed by atoms with E-state index < -0.39 is 0 Å². The lowest BCUT2D eigenvalue weighted by atomic mass is 10.2. The van der Waals surface area contributed by atoms with Crippen molar-refractivity contribution < 1.29 is 0 Å². The molecule has 1 aromatic carbocycles. The second-order valence-corrected chi connectivity index (χ2v) is 6.74. The largest absolute Gasteiger partial charge is 0.382 e. The third-order valence-corrected chi connectivity index (χ3v) is 4.17. The molecule has 2 aromatic heterocycles. The molecule has 2 heterocycles. The molecule has 0 aliphatic carbocycles. The van der Waals surface area contributed by atoms with Crippen LogP contribution in [0.5, 0.6) is 0 Å². The van der Waals surface area contributed by atoms with E-state index in [9.17, 15) is 0 Å². The predicted molar refractivity (Wildman–Crippen MR) is 87.1 cm³/mol. The highest BCUT2D eigenvalue weighted by molar-refractivity contribution is 8.00. The highest BCUT2D eigenvalue weighted by Gasteiger charge is 2.14. The summed E-state index contributed by atoms with van der Waals surface area (Å²) in [5, 5.41) is 0.488. The second-order valence-electron chi connectivity index (χ2n) is 5.12. The Morgan fingerprint density at radius 2 is 1.95 bits per heavy atom. The van der Waals surface area contributed by atoms with Gasteiger partial charge in [0.25, 0.3) is 0 Å². The Morgan fingerprint density at radius 1 is 1.19 bits per heavy atom. The van der Waals surface area contributed by atoms with E-state index in [0.717, 1.165) is 16.0 Å². The van der Waals surface area contributed by atoms with Crippen LogP contribution in [0.2, 0.25) is 0 Å². The first-order valence-electron chi connectivity index (χ1n) is 6.77. The van der Waals surface area contributed by atoms with Gasteiger partial charge >= 0.3 is 0 Å². The average molecular weight is 299 g/mol. The Bertz CT molecular complexity index is 794. The van der Waals surface area contributed by atoms with Crippen molar-refractivity contribution in [1.29, 1.82) is 0 Å². The van der Waals surface area contributed by atoms with Crippen LogP contribution in [-0.2, 0) is 7.05 Å². The molecule has 3 aromatic rings. The summed E-state index contributed by atoms with van der Waals surface area (Å²) in [6.07, 6.45) is 1.70. The number of aromatic nitrogens is 4. The van der Waals surface area contributed by atoms with Gasteiger partial charge in [-0.1, -0.05) is 32.0 Å². The molecule has 0 radical (unpaired) electrons. The summed E-state index contributed by atoms with van der Waals surface area (Å²) in [4.78, 5) is 14.5. The van der Waals surface area contributed by atoms with Gasteiger partial charge in [-0.15, -0.1) is 11.8 Å². The molecule has 3 rings (SSSR count). The van der Waals surface area contributed by atoms with Crippen LogP contribution in [0.3, 0.4) is 0 Å². The molecule has 0 saturated heterocycles. The van der Waals surface area contributed by atoms with Gasteiger partial charge in [0.1, 0.15) is 5.52 Å². The molecule has 0 aliphatic heterocycles. The molecular formula is C15H17N5S. The molecule has 0 atom stereocenters. The van der Waals surface area contributed by atoms with Gasteiger partial charge in [0, 0.05) is 22.8 Å². The lowest BCUT2D eigenvalue weighted by molar-refractivity contribution is 0.946. The topological polar surface area (TPSA) is 69.6 Å². The van der Waals surface area contributed by atoms with Gasteiger partial charge in [-0.2, -0.15) is 0 Å². The van der Waals surface area contributed by atoms with E-state index in [-0.39, 0.29) is 0 Å². The van der Waals surface area contributed by atoms with Gasteiger partial charge in [0.15, 0.2) is 17.3 Å². The number of anilines is 1. The normalized spacial score (nSPS) is 11.4. The fourth-order valence-electron chi connectivity index (χ4n) is 2.22. The summed E-state index contributed by atoms with van der Waals surface area (Å²) in [6.45, 7) is 4.33. The fraction of sp³-hybridized carbons (Fsp3) is 0.267. The highest BCUT2D eigenvalue weighted by atomic mass is 32.2. The molecule has 5 nitrogen and oxygen atoms in total. The van der Waals surface area contributed by atoms with Crippen molar-refractivity contribution in [3.63, 3.8) is 0 Å². The Kier molecular flexibility index (Phi) is 3.55. The van der Waals surface area contributed by atoms with Crippen molar-refractivity contribution >= 4 is 28.7 Å². The Balaban J connectivity index is 2.17. The number of nitrogens with zero attached hydrogens (tertiary/aromatic N) is 4. The predicted octanol–water partition coefficient (Wildman–Crippen LogP) is 3.11. The number of hydrogen-bond acceptors (Lipinski definition) is 5. The van der Waals surface area contributed by atoms with Gasteiger partial charge in [-0.05, 0) is 6.07 Å². The second kappa shape index (κ2) is 5.37. The fourth-order valence-corrected chi connectivity index (χ4v) is 3.17. The minimum absolute atomic E-state index is 0.458. The SMILES string of the molecule is CC(C)Sc1ccccc1-c1nc(N)c2c(ncn2C)n1. The van der Waals surface area contributed by atoms with Gasteiger partial charge < -0.3 is 10.3 Å². The maximum absolute atomic E-state index is 6.07. The van der Waals surface area contributed by atoms with Crippen molar-refractivity contribution in [1.82, 2.24) is 19.5 Å². The summed E-state index contributed by atoms with van der Waals surface area (Å²) in [7, 11) is 1.89. The van der Waals surface area contributed by atoms with Crippen molar-refractivity contribution in [3.8, 4) is 11.4 Å². The first-order chi connectivity index (χ1) is 10.1. The van der Waals surface area contributed by atoms with Crippen LogP contribution < -0.4 is 5.73 Å². The summed E-state index contributed by atoms with van der Waals surface area (Å²) >= 11 is 1.79. The third kappa shape index (κ3) is 2.58. The molecule has 0 spiro atoms. The summed E-state index contributed by atoms with van der Waals surface area (Å²) in [5.41, 5.74) is 8.47. The molecule has 0 saturated carbocycles. The third-order valence-electron chi connectivity index (χ3n) is 3.09. The Labute approximate surface area is 127 Å². The standard InChI is InChI=1S/C15H17N5S/c1-9(2)21-11-7-5-4-6-10(11)14-18-13(16)12-15(19-14)17-8-20(12)3/h4-9H,1-3H3,(H2,16,18,19). The maximum Gasteiger partial charge on any atom is 0.183 e. The van der Waals surface area contributed by atoms with Crippen LogP contribution in [0.4, 0.5) is 5.82 Å². The molecular weight excluding hydrogens is 282 g/mol. The van der Waals surface area contributed by atoms with E-state index in [2.05, 4.69) is 34.9 Å². The van der Waals surface area contributed by atoms with Crippen LogP contribution in [0, 0.1) is 0 Å². The Morgan fingerprint density at radius 3 is 2.71 bits per heavy atom. The molecule has 0 amide bonds. The highest BCUT2D eigenvalue weighted by Crippen LogP contribution is 2.33. The van der Waals surface area contributed by atoms with E-state index in [1.165, 1.54) is 0 Å². The zero-order valence-corrected chi connectivity index (χ0v) is 13.1. The van der Waals surface area contributed by atoms with E-state index in [1.54, 1.807) is 18.1 Å². The Hall–Kier alpha value is -2.08. The van der Waals surface area contributed by atoms with Gasteiger partial charge in [0.2, 0.25) is 0 Å². The lowest BCUT2D eigenvalue weighted by Gasteiger charge is -2.10. The zero-order chi connectivity index (χ0) is 15.0. The number of imidazole rings is 1. The lowest BCUT2D eigenvalue weighted by Crippen LogP contribution is -2.01. The molecule has 108 valence electrons. The molecule has 0 aliphatic rings. The number of benzene rings is 1. The number of hydrogen-bond donors (Lipinski definition) is 1. The van der Waals surface area contributed by atoms with E-state index in [1.807, 2.05) is 29.8 Å². The maximum atomic E-state index is 6.07. The molecule has 2 N–H and O–H groups in total. The number of nitrogen functional groups attached to an aromatic ring is 1. The number of rotatable bonds is 3. The summed E-state index contributed by atoms with van der Waals surface area (Å²) < 4.78 is 1.84. The van der Waals surface area contributed by atoms with Crippen molar-refractivity contribution in [2.75, 3.05) is 5.73 Å². The first kappa shape index (κ1) is 13.9. The van der Waals surface area contributed by atoms with Crippen LogP contribution in [-0.4, -0.2) is 24.8 Å². The number of aryl methyl sites for hydroxylation is 1. The molecule has 6 heteroatoms. The molecule has 21 heavy (non-hydrogen) atoms. The molecule has 0 unspecified atom stereocenters. The van der Waals surface area contributed by atoms with Crippen LogP contribution in [0.1, 0.15) is 13.8 Å². The smallest absolute Gasteiger partial charge is 0.183 e. The average Bonchev–Trinajstić information content (AvgIpc) is 2.80. The summed E-state index contributed by atoms with van der Waals surface area (Å²) in [5.74, 6) is 1.09. The van der Waals surface area contributed by atoms with Crippen molar-refractivity contribution in [3.05, 3.63) is 30.6 Å².